The van der Waals surface area contributed by atoms with Gasteiger partial charge in [-0.3, -0.25) is 0 Å². The largest absolute Gasteiger partial charge is 0.444 e. The first-order valence-corrected chi connectivity index (χ1v) is 11.7. The molecular formula is C25H32FN7O2. The number of ether oxygens (including phenoxy) is 1. The predicted molar refractivity (Wildman–Crippen MR) is 133 cm³/mol. The van der Waals surface area contributed by atoms with Crippen molar-refractivity contribution in [1.82, 2.24) is 19.5 Å². The number of aliphatic imine (C=N–C) groups is 1. The fraction of sp³-hybridized carbons (Fsp3) is 0.440. The van der Waals surface area contributed by atoms with Crippen molar-refractivity contribution >= 4 is 29.0 Å². The molecule has 186 valence electrons. The van der Waals surface area contributed by atoms with E-state index in [2.05, 4.69) is 15.1 Å². The standard InChI is InChI=1S/C25H32FN7O2/c1-14-10-20(31-33-13-15(2)29-23(14)33)22(28)30-21-18(26)11-17(12-19(21)27)16-6-8-32(9-7-16)24(34)35-25(3,4)5/h10-13,16H,6-9,27H2,1-5H3,(H2,28,30). The summed E-state index contributed by atoms with van der Waals surface area (Å²) < 4.78 is 22.2. The highest BCUT2D eigenvalue weighted by Gasteiger charge is 2.28. The molecule has 1 aliphatic heterocycles. The van der Waals surface area contributed by atoms with Gasteiger partial charge < -0.3 is 21.1 Å². The van der Waals surface area contributed by atoms with Gasteiger partial charge in [0.15, 0.2) is 17.3 Å². The smallest absolute Gasteiger partial charge is 0.410 e. The van der Waals surface area contributed by atoms with Crippen LogP contribution in [0.4, 0.5) is 20.6 Å². The van der Waals surface area contributed by atoms with Crippen LogP contribution in [0.5, 0.6) is 0 Å². The number of carbonyl (C=O) groups is 1. The zero-order valence-electron chi connectivity index (χ0n) is 20.8. The van der Waals surface area contributed by atoms with Gasteiger partial charge in [-0.25, -0.2) is 23.7 Å². The summed E-state index contributed by atoms with van der Waals surface area (Å²) in [6.45, 7) is 10.4. The van der Waals surface area contributed by atoms with Crippen LogP contribution in [0.15, 0.2) is 29.4 Å². The second-order valence-electron chi connectivity index (χ2n) is 10.0. The highest BCUT2D eigenvalue weighted by molar-refractivity contribution is 5.98. The summed E-state index contributed by atoms with van der Waals surface area (Å²) in [4.78, 5) is 22.7. The molecule has 4 N–H and O–H groups in total. The molecule has 2 aromatic heterocycles. The lowest BCUT2D eigenvalue weighted by Crippen LogP contribution is -2.41. The van der Waals surface area contributed by atoms with Crippen LogP contribution >= 0.6 is 0 Å². The number of aryl methyl sites for hydroxylation is 2. The Bertz CT molecular complexity index is 1280. The van der Waals surface area contributed by atoms with Crippen LogP contribution in [0.1, 0.15) is 62.0 Å². The van der Waals surface area contributed by atoms with Gasteiger partial charge in [0.25, 0.3) is 0 Å². The van der Waals surface area contributed by atoms with E-state index in [0.29, 0.717) is 31.6 Å². The van der Waals surface area contributed by atoms with Crippen LogP contribution in [-0.2, 0) is 4.74 Å². The van der Waals surface area contributed by atoms with Crippen LogP contribution in [-0.4, -0.2) is 50.1 Å². The van der Waals surface area contributed by atoms with Crippen molar-refractivity contribution in [2.45, 2.75) is 59.0 Å². The summed E-state index contributed by atoms with van der Waals surface area (Å²) in [5.41, 5.74) is 15.7. The number of anilines is 1. The molecule has 10 heteroatoms. The molecule has 1 amide bonds. The monoisotopic (exact) mass is 481 g/mol. The second kappa shape index (κ2) is 9.16. The molecule has 4 rings (SSSR count). The van der Waals surface area contributed by atoms with Crippen molar-refractivity contribution in [3.8, 4) is 0 Å². The van der Waals surface area contributed by atoms with E-state index in [0.717, 1.165) is 22.5 Å². The van der Waals surface area contributed by atoms with E-state index in [1.807, 2.05) is 34.6 Å². The highest BCUT2D eigenvalue weighted by atomic mass is 19.1. The number of piperidine rings is 1. The van der Waals surface area contributed by atoms with Gasteiger partial charge in [0.05, 0.1) is 17.6 Å². The number of nitrogens with two attached hydrogens (primary N) is 2. The molecule has 3 heterocycles. The number of imidazole rings is 1. The van der Waals surface area contributed by atoms with Crippen molar-refractivity contribution in [1.29, 1.82) is 0 Å². The number of hydrogen-bond acceptors (Lipinski definition) is 6. The second-order valence-corrected chi connectivity index (χ2v) is 10.0. The van der Waals surface area contributed by atoms with Gasteiger partial charge in [0, 0.05) is 13.1 Å². The van der Waals surface area contributed by atoms with E-state index in [1.54, 1.807) is 27.7 Å². The summed E-state index contributed by atoms with van der Waals surface area (Å²) in [7, 11) is 0. The first-order valence-electron chi connectivity index (χ1n) is 11.7. The van der Waals surface area contributed by atoms with Crippen molar-refractivity contribution < 1.29 is 13.9 Å². The van der Waals surface area contributed by atoms with Gasteiger partial charge >= 0.3 is 6.09 Å². The van der Waals surface area contributed by atoms with Crippen molar-refractivity contribution in [2.75, 3.05) is 18.8 Å². The van der Waals surface area contributed by atoms with Crippen molar-refractivity contribution in [2.24, 2.45) is 10.7 Å². The Morgan fingerprint density at radius 2 is 1.89 bits per heavy atom. The van der Waals surface area contributed by atoms with Crippen LogP contribution in [0.2, 0.25) is 0 Å². The number of nitrogen functional groups attached to an aromatic ring is 1. The third kappa shape index (κ3) is 5.36. The lowest BCUT2D eigenvalue weighted by molar-refractivity contribution is 0.0204. The van der Waals surface area contributed by atoms with Crippen LogP contribution in [0, 0.1) is 19.7 Å². The first kappa shape index (κ1) is 24.4. The third-order valence-corrected chi connectivity index (χ3v) is 5.96. The summed E-state index contributed by atoms with van der Waals surface area (Å²) in [6, 6.07) is 4.96. The number of nitrogens with zero attached hydrogens (tertiary/aromatic N) is 5. The van der Waals surface area contributed by atoms with Gasteiger partial charge in [-0.2, -0.15) is 5.10 Å². The molecule has 0 saturated carbocycles. The van der Waals surface area contributed by atoms with Gasteiger partial charge in [-0.15, -0.1) is 0 Å². The zero-order chi connectivity index (χ0) is 25.5. The number of benzene rings is 1. The van der Waals surface area contributed by atoms with E-state index in [1.165, 1.54) is 6.07 Å². The van der Waals surface area contributed by atoms with Crippen LogP contribution < -0.4 is 11.5 Å². The number of amides is 1. The molecule has 1 aromatic carbocycles. The molecule has 9 nitrogen and oxygen atoms in total. The van der Waals surface area contributed by atoms with E-state index in [9.17, 15) is 4.79 Å². The van der Waals surface area contributed by atoms with Crippen molar-refractivity contribution in [3.05, 3.63) is 52.7 Å². The number of aromatic nitrogens is 3. The Morgan fingerprint density at radius 3 is 2.51 bits per heavy atom. The Morgan fingerprint density at radius 1 is 1.20 bits per heavy atom. The normalized spacial score (nSPS) is 15.6. The lowest BCUT2D eigenvalue weighted by atomic mass is 9.89. The maximum atomic E-state index is 15.1. The van der Waals surface area contributed by atoms with Gasteiger partial charge in [0.2, 0.25) is 0 Å². The van der Waals surface area contributed by atoms with Crippen LogP contribution in [0.3, 0.4) is 0 Å². The van der Waals surface area contributed by atoms with Crippen molar-refractivity contribution in [3.63, 3.8) is 0 Å². The van der Waals surface area contributed by atoms with E-state index in [4.69, 9.17) is 16.2 Å². The fourth-order valence-corrected chi connectivity index (χ4v) is 4.27. The summed E-state index contributed by atoms with van der Waals surface area (Å²) in [5, 5.41) is 4.44. The average Bonchev–Trinajstić information content (AvgIpc) is 3.15. The summed E-state index contributed by atoms with van der Waals surface area (Å²) >= 11 is 0. The molecule has 0 aliphatic carbocycles. The van der Waals surface area contributed by atoms with Gasteiger partial charge in [-0.05, 0) is 82.7 Å². The molecule has 0 spiro atoms. The number of rotatable bonds is 3. The molecule has 1 aliphatic rings. The number of fused-ring (bicyclic) bond motifs is 1. The molecule has 0 bridgehead atoms. The molecule has 0 radical (unpaired) electrons. The molecule has 0 unspecified atom stereocenters. The SMILES string of the molecule is Cc1cn2nc(C(N)=Nc3c(N)cc(C4CCN(C(=O)OC(C)(C)C)CC4)cc3F)cc(C)c2n1. The molecule has 35 heavy (non-hydrogen) atoms. The van der Waals surface area contributed by atoms with Gasteiger partial charge in [-0.1, -0.05) is 0 Å². The number of amidine groups is 1. The minimum absolute atomic E-state index is 0.0150. The quantitative estimate of drug-likeness (QED) is 0.328. The molecular weight excluding hydrogens is 449 g/mol. The number of hydrogen-bond donors (Lipinski definition) is 2. The maximum Gasteiger partial charge on any atom is 0.410 e. The van der Waals surface area contributed by atoms with E-state index < -0.39 is 11.4 Å². The Labute approximate surface area is 204 Å². The van der Waals surface area contributed by atoms with E-state index >= 15 is 4.39 Å². The third-order valence-electron chi connectivity index (χ3n) is 5.96. The van der Waals surface area contributed by atoms with Gasteiger partial charge in [0.1, 0.15) is 17.0 Å². The molecule has 3 aromatic rings. The molecule has 1 saturated heterocycles. The predicted octanol–water partition coefficient (Wildman–Crippen LogP) is 4.22. The number of likely N-dealkylation sites (tertiary alicyclic amines) is 1. The number of carbonyl (C=O) groups excluding carboxylic acids is 1. The Balaban J connectivity index is 1.51. The average molecular weight is 482 g/mol. The lowest BCUT2D eigenvalue weighted by Gasteiger charge is -2.33. The molecule has 1 fully saturated rings. The minimum Gasteiger partial charge on any atom is -0.444 e. The van der Waals surface area contributed by atoms with Crippen LogP contribution in [0.25, 0.3) is 5.65 Å². The Hall–Kier alpha value is -3.69. The summed E-state index contributed by atoms with van der Waals surface area (Å²) in [6.07, 6.45) is 2.85. The maximum absolute atomic E-state index is 15.1. The van der Waals surface area contributed by atoms with E-state index in [-0.39, 0.29) is 29.2 Å². The number of halogens is 1. The topological polar surface area (TPSA) is 124 Å². The molecule has 0 atom stereocenters. The Kier molecular flexibility index (Phi) is 6.40. The zero-order valence-corrected chi connectivity index (χ0v) is 20.8. The summed E-state index contributed by atoms with van der Waals surface area (Å²) in [5.74, 6) is -0.406. The fourth-order valence-electron chi connectivity index (χ4n) is 4.27. The highest BCUT2D eigenvalue weighted by Crippen LogP contribution is 2.35. The first-order chi connectivity index (χ1) is 16.4. The minimum atomic E-state index is -0.547.